The Morgan fingerprint density at radius 3 is 1.92 bits per heavy atom. The van der Waals surface area contributed by atoms with Crippen LogP contribution in [0.2, 0.25) is 0 Å². The molecule has 0 bridgehead atoms. The first-order valence-corrected chi connectivity index (χ1v) is 19.2. The van der Waals surface area contributed by atoms with Crippen LogP contribution in [0.3, 0.4) is 0 Å². The Labute approximate surface area is 307 Å². The molecule has 242 valence electrons. The number of para-hydroxylation sites is 2. The highest BCUT2D eigenvalue weighted by molar-refractivity contribution is 8.00. The van der Waals surface area contributed by atoms with Crippen molar-refractivity contribution in [3.05, 3.63) is 199 Å². The molecular weight excluding hydrogens is 655 g/mol. The molecule has 8 aromatic rings. The number of aromatic nitrogens is 1. The Hall–Kier alpha value is -5.48. The summed E-state index contributed by atoms with van der Waals surface area (Å²) >= 11 is 3.90. The van der Waals surface area contributed by atoms with E-state index in [1.807, 2.05) is 23.5 Å². The van der Waals surface area contributed by atoms with Gasteiger partial charge in [-0.2, -0.15) is 0 Å². The van der Waals surface area contributed by atoms with Crippen molar-refractivity contribution in [3.63, 3.8) is 0 Å². The fourth-order valence-corrected chi connectivity index (χ4v) is 10.4. The van der Waals surface area contributed by atoms with E-state index < -0.39 is 0 Å². The lowest BCUT2D eigenvalue weighted by atomic mass is 9.82. The summed E-state index contributed by atoms with van der Waals surface area (Å²) < 4.78 is 2.42. The molecule has 2 unspecified atom stereocenters. The van der Waals surface area contributed by atoms with Gasteiger partial charge in [-0.25, -0.2) is 0 Å². The van der Waals surface area contributed by atoms with Crippen LogP contribution < -0.4 is 0 Å². The molecular formula is C48H33NS2. The summed E-state index contributed by atoms with van der Waals surface area (Å²) in [5.41, 5.74) is 12.7. The van der Waals surface area contributed by atoms with E-state index in [9.17, 15) is 0 Å². The summed E-state index contributed by atoms with van der Waals surface area (Å²) in [6.45, 7) is 0. The van der Waals surface area contributed by atoms with Gasteiger partial charge in [0.2, 0.25) is 0 Å². The second-order valence-corrected chi connectivity index (χ2v) is 15.5. The molecule has 2 heterocycles. The fraction of sp³-hybridized carbons (Fsp3) is 0.0417. The number of thioether (sulfide) groups is 1. The maximum Gasteiger partial charge on any atom is 0.0547 e. The third kappa shape index (κ3) is 5.19. The zero-order valence-electron chi connectivity index (χ0n) is 27.8. The second kappa shape index (κ2) is 12.7. The van der Waals surface area contributed by atoms with E-state index in [1.54, 1.807) is 0 Å². The number of fused-ring (bicyclic) bond motifs is 9. The van der Waals surface area contributed by atoms with Crippen LogP contribution in [0.15, 0.2) is 203 Å². The summed E-state index contributed by atoms with van der Waals surface area (Å²) in [7, 11) is 0. The van der Waals surface area contributed by atoms with Gasteiger partial charge in [-0.1, -0.05) is 157 Å². The molecule has 2 atom stereocenters. The second-order valence-electron chi connectivity index (χ2n) is 13.2. The van der Waals surface area contributed by atoms with Gasteiger partial charge in [0.1, 0.15) is 0 Å². The molecule has 0 saturated carbocycles. The predicted molar refractivity (Wildman–Crippen MR) is 218 cm³/mol. The molecule has 10 rings (SSSR count). The zero-order valence-corrected chi connectivity index (χ0v) is 29.4. The molecule has 2 aliphatic rings. The van der Waals surface area contributed by atoms with E-state index in [2.05, 4.69) is 193 Å². The van der Waals surface area contributed by atoms with Gasteiger partial charge in [0.05, 0.1) is 11.0 Å². The monoisotopic (exact) mass is 687 g/mol. The van der Waals surface area contributed by atoms with Crippen molar-refractivity contribution in [2.75, 3.05) is 0 Å². The van der Waals surface area contributed by atoms with Gasteiger partial charge >= 0.3 is 0 Å². The molecule has 0 fully saturated rings. The van der Waals surface area contributed by atoms with Gasteiger partial charge in [-0.05, 0) is 81.4 Å². The fourth-order valence-electron chi connectivity index (χ4n) is 7.99. The van der Waals surface area contributed by atoms with Crippen molar-refractivity contribution in [2.24, 2.45) is 0 Å². The van der Waals surface area contributed by atoms with Crippen molar-refractivity contribution < 1.29 is 0 Å². The number of nitrogens with zero attached hydrogens (tertiary/aromatic N) is 1. The minimum atomic E-state index is 0.130. The Kier molecular flexibility index (Phi) is 7.55. The van der Waals surface area contributed by atoms with Gasteiger partial charge in [0.25, 0.3) is 0 Å². The number of allylic oxidation sites excluding steroid dienone is 3. The molecule has 0 saturated heterocycles. The van der Waals surface area contributed by atoms with Gasteiger partial charge in [-0.3, -0.25) is 0 Å². The molecule has 1 nitrogen and oxygen atoms in total. The molecule has 1 aromatic heterocycles. The van der Waals surface area contributed by atoms with Gasteiger partial charge in [0, 0.05) is 42.3 Å². The Morgan fingerprint density at radius 1 is 0.471 bits per heavy atom. The summed E-state index contributed by atoms with van der Waals surface area (Å²) in [4.78, 5) is 3.90. The molecule has 0 N–H and O–H groups in total. The predicted octanol–water partition coefficient (Wildman–Crippen LogP) is 13.5. The average Bonchev–Trinajstić information content (AvgIpc) is 3.54. The molecule has 7 aromatic carbocycles. The van der Waals surface area contributed by atoms with Crippen LogP contribution in [-0.2, 0) is 0 Å². The highest BCUT2D eigenvalue weighted by atomic mass is 32.2. The zero-order chi connectivity index (χ0) is 33.7. The SMILES string of the molecule is C1=CC2Sc3ccccc3-c3ccccc3Sc3cccc(-c4cccc5c4c4ccccc4n5-c4ccccc4)c3C2C=C1c1ccccc1. The van der Waals surface area contributed by atoms with Crippen LogP contribution in [0.1, 0.15) is 17.0 Å². The first-order chi connectivity index (χ1) is 25.3. The maximum absolute atomic E-state index is 2.54. The van der Waals surface area contributed by atoms with Crippen LogP contribution in [-0.4, -0.2) is 9.82 Å². The van der Waals surface area contributed by atoms with Crippen molar-refractivity contribution in [3.8, 4) is 27.9 Å². The number of rotatable bonds is 3. The molecule has 51 heavy (non-hydrogen) atoms. The number of hydrogen-bond donors (Lipinski definition) is 0. The minimum Gasteiger partial charge on any atom is -0.309 e. The summed E-state index contributed by atoms with van der Waals surface area (Å²) in [5.74, 6) is 0.130. The lowest BCUT2D eigenvalue weighted by Crippen LogP contribution is -2.17. The quantitative estimate of drug-likeness (QED) is 0.182. The lowest BCUT2D eigenvalue weighted by molar-refractivity contribution is 0.853. The van der Waals surface area contributed by atoms with Crippen LogP contribution in [0.25, 0.3) is 55.3 Å². The van der Waals surface area contributed by atoms with Crippen molar-refractivity contribution in [1.29, 1.82) is 0 Å². The van der Waals surface area contributed by atoms with E-state index in [1.165, 1.54) is 81.1 Å². The minimum absolute atomic E-state index is 0.130. The third-order valence-corrected chi connectivity index (χ3v) is 12.7. The largest absolute Gasteiger partial charge is 0.309 e. The third-order valence-electron chi connectivity index (χ3n) is 10.2. The lowest BCUT2D eigenvalue weighted by Gasteiger charge is -2.32. The normalized spacial score (nSPS) is 16.5. The molecule has 0 spiro atoms. The van der Waals surface area contributed by atoms with E-state index in [0.717, 1.165) is 0 Å². The van der Waals surface area contributed by atoms with Crippen LogP contribution in [0.5, 0.6) is 0 Å². The topological polar surface area (TPSA) is 4.93 Å². The van der Waals surface area contributed by atoms with Crippen molar-refractivity contribution in [1.82, 2.24) is 4.57 Å². The van der Waals surface area contributed by atoms with Gasteiger partial charge in [-0.15, -0.1) is 11.8 Å². The molecule has 3 heteroatoms. The Balaban J connectivity index is 1.28. The van der Waals surface area contributed by atoms with E-state index in [0.29, 0.717) is 0 Å². The average molecular weight is 688 g/mol. The Morgan fingerprint density at radius 2 is 1.08 bits per heavy atom. The first-order valence-electron chi connectivity index (χ1n) is 17.5. The van der Waals surface area contributed by atoms with Crippen LogP contribution in [0, 0.1) is 0 Å². The molecule has 1 aliphatic carbocycles. The summed E-state index contributed by atoms with van der Waals surface area (Å²) in [5, 5.41) is 2.77. The van der Waals surface area contributed by atoms with E-state index in [-0.39, 0.29) is 11.2 Å². The molecule has 1 aliphatic heterocycles. The molecule has 0 amide bonds. The van der Waals surface area contributed by atoms with Gasteiger partial charge < -0.3 is 4.57 Å². The number of hydrogen-bond acceptors (Lipinski definition) is 2. The first kappa shape index (κ1) is 30.4. The highest BCUT2D eigenvalue weighted by Crippen LogP contribution is 2.53. The Bertz CT molecular complexity index is 2650. The van der Waals surface area contributed by atoms with Crippen LogP contribution in [0.4, 0.5) is 0 Å². The highest BCUT2D eigenvalue weighted by Gasteiger charge is 2.32. The smallest absolute Gasteiger partial charge is 0.0547 e. The van der Waals surface area contributed by atoms with Crippen LogP contribution >= 0.6 is 23.5 Å². The summed E-state index contributed by atoms with van der Waals surface area (Å²) in [6, 6.07) is 62.2. The maximum atomic E-state index is 2.54. The number of benzene rings is 7. The molecule has 0 radical (unpaired) electrons. The van der Waals surface area contributed by atoms with Crippen molar-refractivity contribution in [2.45, 2.75) is 25.9 Å². The van der Waals surface area contributed by atoms with Crippen molar-refractivity contribution >= 4 is 50.9 Å². The van der Waals surface area contributed by atoms with E-state index >= 15 is 0 Å². The standard InChI is InChI=1S/C48H33NS2/c1-3-15-32(16-4-1)33-29-30-45-40(31-33)48-38(23-14-28-46(48)51-44-27-12-9-20-36(44)35-19-8-11-26-43(35)50-45)37-22-13-25-42-47(37)39-21-7-10-24-41(39)49(42)34-17-5-2-6-18-34/h1-31,40,45H. The van der Waals surface area contributed by atoms with Gasteiger partial charge in [0.15, 0.2) is 0 Å². The summed E-state index contributed by atoms with van der Waals surface area (Å²) in [6.07, 6.45) is 7.34. The van der Waals surface area contributed by atoms with E-state index in [4.69, 9.17) is 0 Å².